The van der Waals surface area contributed by atoms with Crippen LogP contribution in [0.15, 0.2) is 45.9 Å². The SMILES string of the molecule is O=c1cc(Cl)ncn1Cc1cccc(Br)c1. The van der Waals surface area contributed by atoms with E-state index in [-0.39, 0.29) is 10.7 Å². The molecule has 16 heavy (non-hydrogen) atoms. The zero-order valence-corrected chi connectivity index (χ0v) is 10.6. The Balaban J connectivity index is 2.31. The molecule has 5 heteroatoms. The van der Waals surface area contributed by atoms with Gasteiger partial charge in [0.1, 0.15) is 5.15 Å². The molecule has 2 rings (SSSR count). The summed E-state index contributed by atoms with van der Waals surface area (Å²) < 4.78 is 2.49. The topological polar surface area (TPSA) is 34.9 Å². The predicted molar refractivity (Wildman–Crippen MR) is 66.8 cm³/mol. The van der Waals surface area contributed by atoms with Gasteiger partial charge in [-0.3, -0.25) is 9.36 Å². The molecule has 0 spiro atoms. The Labute approximate surface area is 106 Å². The lowest BCUT2D eigenvalue weighted by Crippen LogP contribution is -2.19. The average molecular weight is 300 g/mol. The Bertz CT molecular complexity index is 568. The highest BCUT2D eigenvalue weighted by Crippen LogP contribution is 2.12. The molecule has 3 nitrogen and oxygen atoms in total. The summed E-state index contributed by atoms with van der Waals surface area (Å²) in [4.78, 5) is 15.4. The van der Waals surface area contributed by atoms with E-state index in [1.54, 1.807) is 0 Å². The van der Waals surface area contributed by atoms with Crippen LogP contribution in [0.5, 0.6) is 0 Å². The third-order valence-corrected chi connectivity index (χ3v) is 2.79. The number of benzene rings is 1. The molecular formula is C11H8BrClN2O. The van der Waals surface area contributed by atoms with Crippen molar-refractivity contribution >= 4 is 27.5 Å². The van der Waals surface area contributed by atoms with Crippen LogP contribution in [0.2, 0.25) is 5.15 Å². The van der Waals surface area contributed by atoms with Crippen LogP contribution in [0.4, 0.5) is 0 Å². The van der Waals surface area contributed by atoms with Crippen molar-refractivity contribution in [1.82, 2.24) is 9.55 Å². The van der Waals surface area contributed by atoms with Gasteiger partial charge in [0.25, 0.3) is 5.56 Å². The number of halogens is 2. The van der Waals surface area contributed by atoms with Crippen LogP contribution >= 0.6 is 27.5 Å². The highest BCUT2D eigenvalue weighted by atomic mass is 79.9. The quantitative estimate of drug-likeness (QED) is 0.799. The van der Waals surface area contributed by atoms with E-state index in [1.807, 2.05) is 24.3 Å². The molecule has 2 aromatic rings. The highest BCUT2D eigenvalue weighted by Gasteiger charge is 2.00. The lowest BCUT2D eigenvalue weighted by atomic mass is 10.2. The van der Waals surface area contributed by atoms with Crippen molar-refractivity contribution in [2.45, 2.75) is 6.54 Å². The van der Waals surface area contributed by atoms with Crippen molar-refractivity contribution in [2.75, 3.05) is 0 Å². The maximum absolute atomic E-state index is 11.6. The molecule has 1 aromatic heterocycles. The van der Waals surface area contributed by atoms with Gasteiger partial charge in [0.05, 0.1) is 12.9 Å². The van der Waals surface area contributed by atoms with Crippen LogP contribution in [0.1, 0.15) is 5.56 Å². The van der Waals surface area contributed by atoms with Gasteiger partial charge in [-0.05, 0) is 17.7 Å². The first-order chi connectivity index (χ1) is 7.65. The molecule has 0 atom stereocenters. The zero-order valence-electron chi connectivity index (χ0n) is 8.23. The zero-order chi connectivity index (χ0) is 11.5. The van der Waals surface area contributed by atoms with Gasteiger partial charge in [0.2, 0.25) is 0 Å². The molecule has 0 fully saturated rings. The minimum Gasteiger partial charge on any atom is -0.295 e. The molecule has 1 heterocycles. The Morgan fingerprint density at radius 3 is 2.88 bits per heavy atom. The van der Waals surface area contributed by atoms with E-state index >= 15 is 0 Å². The summed E-state index contributed by atoms with van der Waals surface area (Å²) in [6.07, 6.45) is 1.45. The minimum atomic E-state index is -0.153. The summed E-state index contributed by atoms with van der Waals surface area (Å²) in [6.45, 7) is 0.489. The second-order valence-electron chi connectivity index (χ2n) is 3.31. The van der Waals surface area contributed by atoms with Gasteiger partial charge >= 0.3 is 0 Å². The molecule has 82 valence electrons. The fraction of sp³-hybridized carbons (Fsp3) is 0.0909. The van der Waals surface area contributed by atoms with E-state index in [2.05, 4.69) is 20.9 Å². The maximum atomic E-state index is 11.6. The van der Waals surface area contributed by atoms with Gasteiger partial charge in [-0.1, -0.05) is 39.7 Å². The van der Waals surface area contributed by atoms with Crippen molar-refractivity contribution < 1.29 is 0 Å². The number of aromatic nitrogens is 2. The number of hydrogen-bond donors (Lipinski definition) is 0. The number of rotatable bonds is 2. The van der Waals surface area contributed by atoms with Crippen molar-refractivity contribution in [1.29, 1.82) is 0 Å². The van der Waals surface area contributed by atoms with Crippen molar-refractivity contribution in [2.24, 2.45) is 0 Å². The first kappa shape index (κ1) is 11.4. The molecule has 0 N–H and O–H groups in total. The van der Waals surface area contributed by atoms with Crippen molar-refractivity contribution in [3.05, 3.63) is 62.2 Å². The minimum absolute atomic E-state index is 0.153. The molecule has 0 aliphatic heterocycles. The number of nitrogens with zero attached hydrogens (tertiary/aromatic N) is 2. The van der Waals surface area contributed by atoms with E-state index < -0.39 is 0 Å². The maximum Gasteiger partial charge on any atom is 0.255 e. The third-order valence-electron chi connectivity index (χ3n) is 2.09. The summed E-state index contributed by atoms with van der Waals surface area (Å²) in [5.41, 5.74) is 0.876. The van der Waals surface area contributed by atoms with Crippen LogP contribution in [-0.4, -0.2) is 9.55 Å². The molecule has 1 aromatic carbocycles. The van der Waals surface area contributed by atoms with Crippen LogP contribution in [-0.2, 0) is 6.54 Å². The van der Waals surface area contributed by atoms with Crippen LogP contribution in [0.3, 0.4) is 0 Å². The molecule has 0 unspecified atom stereocenters. The first-order valence-electron chi connectivity index (χ1n) is 4.61. The van der Waals surface area contributed by atoms with Gasteiger partial charge in [-0.2, -0.15) is 0 Å². The molecule has 0 radical (unpaired) electrons. The van der Waals surface area contributed by atoms with Crippen LogP contribution in [0, 0.1) is 0 Å². The second kappa shape index (κ2) is 4.80. The molecule has 0 aliphatic rings. The molecular weight excluding hydrogens is 291 g/mol. The molecule has 0 bridgehead atoms. The smallest absolute Gasteiger partial charge is 0.255 e. The fourth-order valence-electron chi connectivity index (χ4n) is 1.35. The Morgan fingerprint density at radius 1 is 1.38 bits per heavy atom. The van der Waals surface area contributed by atoms with E-state index in [1.165, 1.54) is 17.0 Å². The van der Waals surface area contributed by atoms with E-state index in [9.17, 15) is 4.79 Å². The Hall–Kier alpha value is -1.13. The first-order valence-corrected chi connectivity index (χ1v) is 5.79. The largest absolute Gasteiger partial charge is 0.295 e. The van der Waals surface area contributed by atoms with Crippen LogP contribution < -0.4 is 5.56 Å². The van der Waals surface area contributed by atoms with E-state index in [0.717, 1.165) is 10.0 Å². The second-order valence-corrected chi connectivity index (χ2v) is 4.61. The average Bonchev–Trinajstić information content (AvgIpc) is 2.22. The third kappa shape index (κ3) is 2.71. The van der Waals surface area contributed by atoms with Gasteiger partial charge < -0.3 is 0 Å². The highest BCUT2D eigenvalue weighted by molar-refractivity contribution is 9.10. The predicted octanol–water partition coefficient (Wildman–Crippen LogP) is 2.71. The van der Waals surface area contributed by atoms with Crippen molar-refractivity contribution in [3.8, 4) is 0 Å². The summed E-state index contributed by atoms with van der Waals surface area (Å²) in [6, 6.07) is 9.08. The standard InChI is InChI=1S/C11H8BrClN2O/c12-9-3-1-2-8(4-9)6-15-7-14-10(13)5-11(15)16/h1-5,7H,6H2. The van der Waals surface area contributed by atoms with Crippen molar-refractivity contribution in [3.63, 3.8) is 0 Å². The summed E-state index contributed by atoms with van der Waals surface area (Å²) in [5, 5.41) is 0.218. The Morgan fingerprint density at radius 2 is 2.19 bits per heavy atom. The molecule has 0 aliphatic carbocycles. The molecule has 0 saturated carbocycles. The Kier molecular flexibility index (Phi) is 3.41. The lowest BCUT2D eigenvalue weighted by Gasteiger charge is -2.05. The molecule has 0 saturated heterocycles. The molecule has 0 amide bonds. The van der Waals surface area contributed by atoms with E-state index in [4.69, 9.17) is 11.6 Å². The normalized spacial score (nSPS) is 10.4. The van der Waals surface area contributed by atoms with E-state index in [0.29, 0.717) is 6.54 Å². The number of hydrogen-bond acceptors (Lipinski definition) is 2. The fourth-order valence-corrected chi connectivity index (χ4v) is 1.94. The van der Waals surface area contributed by atoms with Crippen LogP contribution in [0.25, 0.3) is 0 Å². The summed E-state index contributed by atoms with van der Waals surface area (Å²) >= 11 is 8.99. The lowest BCUT2D eigenvalue weighted by molar-refractivity contribution is 0.736. The van der Waals surface area contributed by atoms with Gasteiger partial charge in [-0.25, -0.2) is 4.98 Å². The monoisotopic (exact) mass is 298 g/mol. The van der Waals surface area contributed by atoms with Gasteiger partial charge in [0, 0.05) is 10.5 Å². The van der Waals surface area contributed by atoms with Gasteiger partial charge in [-0.15, -0.1) is 0 Å². The summed E-state index contributed by atoms with van der Waals surface area (Å²) in [7, 11) is 0. The van der Waals surface area contributed by atoms with Gasteiger partial charge in [0.15, 0.2) is 0 Å². The summed E-state index contributed by atoms with van der Waals surface area (Å²) in [5.74, 6) is 0.